The van der Waals surface area contributed by atoms with Crippen molar-refractivity contribution >= 4 is 40.2 Å². The van der Waals surface area contributed by atoms with E-state index in [0.29, 0.717) is 28.6 Å². The second-order valence-corrected chi connectivity index (χ2v) is 8.29. The molecule has 1 atom stereocenters. The highest BCUT2D eigenvalue weighted by molar-refractivity contribution is 5.93. The zero-order valence-corrected chi connectivity index (χ0v) is 19.6. The molecule has 0 aliphatic heterocycles. The van der Waals surface area contributed by atoms with E-state index in [0.717, 1.165) is 22.3 Å². The number of amides is 1. The van der Waals surface area contributed by atoms with Crippen LogP contribution < -0.4 is 15.4 Å². The van der Waals surface area contributed by atoms with Crippen molar-refractivity contribution in [1.29, 1.82) is 0 Å². The Kier molecular flexibility index (Phi) is 6.91. The van der Waals surface area contributed by atoms with E-state index in [-0.39, 0.29) is 24.7 Å². The van der Waals surface area contributed by atoms with Crippen LogP contribution in [0.25, 0.3) is 11.0 Å². The van der Waals surface area contributed by atoms with Crippen LogP contribution in [-0.4, -0.2) is 44.0 Å². The number of hydrogen-bond acceptors (Lipinski definition) is 7. The minimum absolute atomic E-state index is 0.00427. The lowest BCUT2D eigenvalue weighted by Crippen LogP contribution is -2.15. The molecule has 1 unspecified atom stereocenters. The third-order valence-corrected chi connectivity index (χ3v) is 5.54. The molecular formula is C25H26N6O4. The number of carboxylic acids is 1. The maximum atomic E-state index is 12.7. The first-order chi connectivity index (χ1) is 16.8. The van der Waals surface area contributed by atoms with Gasteiger partial charge >= 0.3 is 5.97 Å². The van der Waals surface area contributed by atoms with Crippen LogP contribution in [0.1, 0.15) is 36.1 Å². The van der Waals surface area contributed by atoms with Gasteiger partial charge in [-0.25, -0.2) is 4.98 Å². The van der Waals surface area contributed by atoms with Crippen LogP contribution in [-0.2, 0) is 16.0 Å². The Bertz CT molecular complexity index is 1370. The Morgan fingerprint density at radius 3 is 2.71 bits per heavy atom. The second kappa shape index (κ2) is 10.2. The summed E-state index contributed by atoms with van der Waals surface area (Å²) in [7, 11) is 1.56. The van der Waals surface area contributed by atoms with Crippen molar-refractivity contribution in [2.45, 2.75) is 32.6 Å². The molecule has 1 aromatic carbocycles. The molecule has 180 valence electrons. The van der Waals surface area contributed by atoms with Gasteiger partial charge in [-0.15, -0.1) is 0 Å². The van der Waals surface area contributed by atoms with E-state index in [9.17, 15) is 9.59 Å². The monoisotopic (exact) mass is 474 g/mol. The Morgan fingerprint density at radius 1 is 1.20 bits per heavy atom. The van der Waals surface area contributed by atoms with Gasteiger partial charge in [-0.05, 0) is 48.4 Å². The summed E-state index contributed by atoms with van der Waals surface area (Å²) in [4.78, 5) is 39.8. The van der Waals surface area contributed by atoms with E-state index < -0.39 is 5.97 Å². The summed E-state index contributed by atoms with van der Waals surface area (Å²) in [6.45, 7) is 3.77. The lowest BCUT2D eigenvalue weighted by Gasteiger charge is -2.10. The first kappa shape index (κ1) is 23.7. The molecule has 0 aliphatic carbocycles. The van der Waals surface area contributed by atoms with Crippen molar-refractivity contribution in [2.75, 3.05) is 17.7 Å². The van der Waals surface area contributed by atoms with E-state index >= 15 is 0 Å². The van der Waals surface area contributed by atoms with Gasteiger partial charge in [-0.3, -0.25) is 19.6 Å². The number of imidazole rings is 1. The molecule has 0 aliphatic rings. The van der Waals surface area contributed by atoms with Crippen LogP contribution in [0.4, 0.5) is 17.3 Å². The summed E-state index contributed by atoms with van der Waals surface area (Å²) in [6.07, 6.45) is 5.10. The lowest BCUT2D eigenvalue weighted by molar-refractivity contribution is -0.137. The molecule has 3 aromatic heterocycles. The highest BCUT2D eigenvalue weighted by atomic mass is 16.5. The van der Waals surface area contributed by atoms with Gasteiger partial charge in [-0.2, -0.15) is 0 Å². The van der Waals surface area contributed by atoms with Gasteiger partial charge in [0, 0.05) is 17.8 Å². The fourth-order valence-electron chi connectivity index (χ4n) is 3.71. The molecule has 0 radical (unpaired) electrons. The second-order valence-electron chi connectivity index (χ2n) is 8.29. The Hall–Kier alpha value is -4.47. The number of aromatic nitrogens is 4. The summed E-state index contributed by atoms with van der Waals surface area (Å²) >= 11 is 0. The first-order valence-electron chi connectivity index (χ1n) is 11.0. The number of benzene rings is 1. The molecule has 0 fully saturated rings. The number of H-pyrrole nitrogens is 1. The lowest BCUT2D eigenvalue weighted by atomic mass is 10.0. The highest BCUT2D eigenvalue weighted by Gasteiger charge is 2.15. The average Bonchev–Trinajstić information content (AvgIpc) is 3.22. The fraction of sp³-hybridized carbons (Fsp3) is 0.240. The maximum absolute atomic E-state index is 12.7. The van der Waals surface area contributed by atoms with E-state index in [1.54, 1.807) is 44.6 Å². The molecule has 10 nitrogen and oxygen atoms in total. The van der Waals surface area contributed by atoms with Crippen LogP contribution in [0.3, 0.4) is 0 Å². The van der Waals surface area contributed by atoms with Gasteiger partial charge in [0.05, 0.1) is 49.2 Å². The molecule has 4 aromatic rings. The molecular weight excluding hydrogens is 448 g/mol. The SMILES string of the molecule is COc1cc(CC(=O)Nc2ccc(C(C)CC(=O)O)nc2)cc2[nH]c(Nc3cnccc3C)nc12. The molecule has 35 heavy (non-hydrogen) atoms. The van der Waals surface area contributed by atoms with Gasteiger partial charge in [-0.1, -0.05) is 6.92 Å². The van der Waals surface area contributed by atoms with Crippen molar-refractivity contribution in [3.05, 3.63) is 65.7 Å². The number of anilines is 3. The van der Waals surface area contributed by atoms with Gasteiger partial charge in [0.1, 0.15) is 11.3 Å². The largest absolute Gasteiger partial charge is 0.494 e. The molecule has 4 rings (SSSR count). The smallest absolute Gasteiger partial charge is 0.304 e. The zero-order chi connectivity index (χ0) is 24.9. The number of nitrogens with zero attached hydrogens (tertiary/aromatic N) is 3. The minimum atomic E-state index is -0.878. The molecule has 10 heteroatoms. The van der Waals surface area contributed by atoms with Crippen molar-refractivity contribution in [1.82, 2.24) is 19.9 Å². The van der Waals surface area contributed by atoms with Gasteiger partial charge in [0.25, 0.3) is 0 Å². The average molecular weight is 475 g/mol. The number of methoxy groups -OCH3 is 1. The van der Waals surface area contributed by atoms with Crippen LogP contribution in [0.5, 0.6) is 5.75 Å². The minimum Gasteiger partial charge on any atom is -0.494 e. The first-order valence-corrected chi connectivity index (χ1v) is 11.0. The molecule has 0 spiro atoms. The number of fused-ring (bicyclic) bond motifs is 1. The number of hydrogen-bond donors (Lipinski definition) is 4. The third kappa shape index (κ3) is 5.72. The summed E-state index contributed by atoms with van der Waals surface area (Å²) < 4.78 is 5.51. The van der Waals surface area contributed by atoms with Crippen LogP contribution >= 0.6 is 0 Å². The Labute approximate surface area is 201 Å². The molecule has 1 amide bonds. The number of ether oxygens (including phenoxy) is 1. The van der Waals surface area contributed by atoms with Gasteiger partial charge in [0.2, 0.25) is 11.9 Å². The van der Waals surface area contributed by atoms with Crippen molar-refractivity contribution in [2.24, 2.45) is 0 Å². The predicted molar refractivity (Wildman–Crippen MR) is 132 cm³/mol. The van der Waals surface area contributed by atoms with Crippen LogP contribution in [0.15, 0.2) is 48.9 Å². The number of carboxylic acid groups (broad SMARTS) is 1. The Morgan fingerprint density at radius 2 is 2.03 bits per heavy atom. The summed E-state index contributed by atoms with van der Waals surface area (Å²) in [6, 6.07) is 9.00. The molecule has 4 N–H and O–H groups in total. The predicted octanol–water partition coefficient (Wildman–Crippen LogP) is 4.17. The molecule has 0 saturated carbocycles. The molecule has 0 bridgehead atoms. The van der Waals surface area contributed by atoms with Gasteiger partial charge < -0.3 is 25.5 Å². The third-order valence-electron chi connectivity index (χ3n) is 5.54. The number of nitrogens with one attached hydrogen (secondary N) is 3. The summed E-state index contributed by atoms with van der Waals surface area (Å²) in [5, 5.41) is 15.0. The van der Waals surface area contributed by atoms with E-state index in [4.69, 9.17) is 9.84 Å². The van der Waals surface area contributed by atoms with Crippen LogP contribution in [0, 0.1) is 6.92 Å². The molecule has 3 heterocycles. The number of aryl methyl sites for hydroxylation is 1. The van der Waals surface area contributed by atoms with E-state index in [1.807, 2.05) is 19.1 Å². The van der Waals surface area contributed by atoms with Crippen molar-refractivity contribution in [3.63, 3.8) is 0 Å². The topological polar surface area (TPSA) is 142 Å². The number of rotatable bonds is 9. The quantitative estimate of drug-likeness (QED) is 0.283. The number of aromatic amines is 1. The number of pyridine rings is 2. The van der Waals surface area contributed by atoms with Crippen molar-refractivity contribution < 1.29 is 19.4 Å². The summed E-state index contributed by atoms with van der Waals surface area (Å²) in [5.74, 6) is -0.220. The number of aliphatic carboxylic acids is 1. The van der Waals surface area contributed by atoms with E-state index in [2.05, 4.69) is 30.6 Å². The fourth-order valence-corrected chi connectivity index (χ4v) is 3.71. The highest BCUT2D eigenvalue weighted by Crippen LogP contribution is 2.29. The summed E-state index contributed by atoms with van der Waals surface area (Å²) in [5.41, 5.74) is 5.19. The molecule has 0 saturated heterocycles. The van der Waals surface area contributed by atoms with Crippen molar-refractivity contribution in [3.8, 4) is 5.75 Å². The standard InChI is InChI=1S/C25H26N6O4/c1-14-6-7-26-13-20(14)30-25-29-19-9-16(10-21(35-3)24(19)31-25)11-22(32)28-17-4-5-18(27-12-17)15(2)8-23(33)34/h4-7,9-10,12-13,15H,8,11H2,1-3H3,(H,28,32)(H,33,34)(H2,29,30,31). The van der Waals surface area contributed by atoms with Gasteiger partial charge in [0.15, 0.2) is 0 Å². The van der Waals surface area contributed by atoms with E-state index in [1.165, 1.54) is 6.20 Å². The maximum Gasteiger partial charge on any atom is 0.304 e. The number of carbonyl (C=O) groups excluding carboxylic acids is 1. The normalized spacial score (nSPS) is 11.7. The number of carbonyl (C=O) groups is 2. The Balaban J connectivity index is 1.47. The zero-order valence-electron chi connectivity index (χ0n) is 19.6. The van der Waals surface area contributed by atoms with Crippen LogP contribution in [0.2, 0.25) is 0 Å².